The summed E-state index contributed by atoms with van der Waals surface area (Å²) >= 11 is 9.88. The van der Waals surface area contributed by atoms with Crippen molar-refractivity contribution in [3.63, 3.8) is 0 Å². The van der Waals surface area contributed by atoms with Crippen LogP contribution in [-0.4, -0.2) is 102 Å². The van der Waals surface area contributed by atoms with Crippen LogP contribution >= 0.6 is 27.5 Å². The number of carbonyl (C=O) groups is 5. The Morgan fingerprint density at radius 1 is 1.10 bits per heavy atom. The van der Waals surface area contributed by atoms with Gasteiger partial charge in [-0.3, -0.25) is 19.2 Å². The Labute approximate surface area is 311 Å². The van der Waals surface area contributed by atoms with E-state index in [0.29, 0.717) is 18.0 Å². The van der Waals surface area contributed by atoms with Crippen molar-refractivity contribution in [1.29, 1.82) is 0 Å². The van der Waals surface area contributed by atoms with E-state index in [1.165, 1.54) is 9.80 Å². The zero-order valence-corrected chi connectivity index (χ0v) is 33.1. The summed E-state index contributed by atoms with van der Waals surface area (Å²) in [7, 11) is 4.90. The quantitative estimate of drug-likeness (QED) is 0.325. The molecule has 13 heteroatoms. The predicted molar refractivity (Wildman–Crippen MR) is 198 cm³/mol. The average Bonchev–Trinajstić information content (AvgIpc) is 3.87. The first-order valence-corrected chi connectivity index (χ1v) is 18.7. The molecule has 0 spiro atoms. The molecular formula is C37H55BrClN5O6. The summed E-state index contributed by atoms with van der Waals surface area (Å²) in [6.45, 7) is 9.68. The first-order valence-electron chi connectivity index (χ1n) is 17.6. The van der Waals surface area contributed by atoms with Crippen LogP contribution in [-0.2, 0) is 30.3 Å². The van der Waals surface area contributed by atoms with Crippen molar-refractivity contribution in [2.75, 3.05) is 27.7 Å². The fourth-order valence-corrected chi connectivity index (χ4v) is 6.64. The lowest BCUT2D eigenvalue weighted by atomic mass is 9.98. The Morgan fingerprint density at radius 3 is 2.40 bits per heavy atom. The van der Waals surface area contributed by atoms with E-state index < -0.39 is 53.6 Å². The molecule has 1 saturated carbocycles. The third-order valence-electron chi connectivity index (χ3n) is 9.01. The first-order chi connectivity index (χ1) is 23.4. The van der Waals surface area contributed by atoms with Gasteiger partial charge in [0.2, 0.25) is 23.6 Å². The van der Waals surface area contributed by atoms with Crippen molar-refractivity contribution in [3.8, 4) is 0 Å². The van der Waals surface area contributed by atoms with Gasteiger partial charge < -0.3 is 30.1 Å². The summed E-state index contributed by atoms with van der Waals surface area (Å²) in [6.07, 6.45) is 7.75. The molecular weight excluding hydrogens is 726 g/mol. The topological polar surface area (TPSA) is 128 Å². The number of rotatable bonds is 8. The molecule has 11 nitrogen and oxygen atoms in total. The van der Waals surface area contributed by atoms with E-state index in [9.17, 15) is 24.0 Å². The molecule has 1 heterocycles. The van der Waals surface area contributed by atoms with Crippen LogP contribution in [0.2, 0.25) is 5.02 Å². The molecule has 0 radical (unpaired) electrons. The van der Waals surface area contributed by atoms with Crippen LogP contribution in [0.25, 0.3) is 0 Å². The van der Waals surface area contributed by atoms with Crippen molar-refractivity contribution in [2.45, 2.75) is 116 Å². The van der Waals surface area contributed by atoms with E-state index in [1.54, 1.807) is 58.9 Å². The summed E-state index contributed by atoms with van der Waals surface area (Å²) in [5, 5.41) is 6.21. The van der Waals surface area contributed by atoms with E-state index in [4.69, 9.17) is 16.3 Å². The Morgan fingerprint density at radius 2 is 1.78 bits per heavy atom. The number of benzene rings is 1. The SMILES string of the molecule is CC(C)C[C@@H]1NC(=O)[C@@H](N(C)C(=O)[C@@H](NC(=O)OC(C)(C)C)C2CC2)C/C=C\CCCCN(C)C(=O)[C@H](Cc2cc(Cl)ccc2Br)N(C)C1=O. The molecule has 3 rings (SSSR count). The fourth-order valence-electron chi connectivity index (χ4n) is 6.04. The third kappa shape index (κ3) is 12.3. The number of allylic oxidation sites excluding steroid dienone is 1. The molecule has 0 aromatic heterocycles. The summed E-state index contributed by atoms with van der Waals surface area (Å²) in [5.41, 5.74) is 0.0357. The summed E-state index contributed by atoms with van der Waals surface area (Å²) < 4.78 is 6.20. The second kappa shape index (κ2) is 18.4. The van der Waals surface area contributed by atoms with E-state index in [0.717, 1.165) is 42.1 Å². The molecule has 0 unspecified atom stereocenters. The number of carbonyl (C=O) groups excluding carboxylic acids is 5. The van der Waals surface area contributed by atoms with Gasteiger partial charge in [-0.25, -0.2) is 4.79 Å². The van der Waals surface area contributed by atoms with Gasteiger partial charge in [0.1, 0.15) is 29.8 Å². The molecule has 1 aliphatic carbocycles. The minimum absolute atomic E-state index is 0.0251. The highest BCUT2D eigenvalue weighted by Crippen LogP contribution is 2.34. The van der Waals surface area contributed by atoms with Gasteiger partial charge in [-0.1, -0.05) is 53.5 Å². The van der Waals surface area contributed by atoms with Crippen LogP contribution in [0, 0.1) is 11.8 Å². The number of hydrogen-bond acceptors (Lipinski definition) is 6. The van der Waals surface area contributed by atoms with E-state index in [2.05, 4.69) is 26.6 Å². The maximum Gasteiger partial charge on any atom is 0.408 e. The lowest BCUT2D eigenvalue weighted by Crippen LogP contribution is -2.59. The van der Waals surface area contributed by atoms with Crippen molar-refractivity contribution in [1.82, 2.24) is 25.3 Å². The largest absolute Gasteiger partial charge is 0.444 e. The highest BCUT2D eigenvalue weighted by atomic mass is 79.9. The summed E-state index contributed by atoms with van der Waals surface area (Å²) in [4.78, 5) is 73.6. The number of nitrogens with zero attached hydrogens (tertiary/aromatic N) is 3. The minimum Gasteiger partial charge on any atom is -0.444 e. The maximum atomic E-state index is 14.3. The van der Waals surface area contributed by atoms with Gasteiger partial charge in [0.15, 0.2) is 0 Å². The van der Waals surface area contributed by atoms with Gasteiger partial charge in [0, 0.05) is 43.6 Å². The fraction of sp³-hybridized carbons (Fsp3) is 0.649. The van der Waals surface area contributed by atoms with Crippen molar-refractivity contribution in [3.05, 3.63) is 45.4 Å². The number of ether oxygens (including phenoxy) is 1. The van der Waals surface area contributed by atoms with Gasteiger partial charge in [-0.15, -0.1) is 0 Å². The van der Waals surface area contributed by atoms with Crippen LogP contribution in [0.3, 0.4) is 0 Å². The molecule has 278 valence electrons. The van der Waals surface area contributed by atoms with Gasteiger partial charge in [0.25, 0.3) is 0 Å². The molecule has 4 atom stereocenters. The van der Waals surface area contributed by atoms with Crippen LogP contribution in [0.4, 0.5) is 4.79 Å². The molecule has 2 aliphatic rings. The lowest BCUT2D eigenvalue weighted by molar-refractivity contribution is -0.147. The van der Waals surface area contributed by atoms with E-state index in [1.807, 2.05) is 32.1 Å². The Balaban J connectivity index is 1.96. The second-order valence-corrected chi connectivity index (χ2v) is 16.3. The Hall–Kier alpha value is -3.12. The van der Waals surface area contributed by atoms with E-state index >= 15 is 0 Å². The number of halogens is 2. The van der Waals surface area contributed by atoms with Crippen molar-refractivity contribution in [2.24, 2.45) is 11.8 Å². The zero-order chi connectivity index (χ0) is 37.3. The van der Waals surface area contributed by atoms with Crippen molar-refractivity contribution < 1.29 is 28.7 Å². The number of alkyl carbamates (subject to hydrolysis) is 1. The number of amides is 5. The van der Waals surface area contributed by atoms with Crippen LogP contribution in [0.5, 0.6) is 0 Å². The number of likely N-dealkylation sites (N-methyl/N-ethyl adjacent to an activating group) is 3. The molecule has 2 N–H and O–H groups in total. The molecule has 0 saturated heterocycles. The van der Waals surface area contributed by atoms with Gasteiger partial charge in [-0.05, 0) is 101 Å². The Bertz CT molecular complexity index is 1410. The number of nitrogens with one attached hydrogen (secondary N) is 2. The highest BCUT2D eigenvalue weighted by molar-refractivity contribution is 9.10. The van der Waals surface area contributed by atoms with Crippen LogP contribution in [0.1, 0.15) is 85.1 Å². The van der Waals surface area contributed by atoms with Gasteiger partial charge in [-0.2, -0.15) is 0 Å². The van der Waals surface area contributed by atoms with Gasteiger partial charge >= 0.3 is 6.09 Å². The normalized spacial score (nSPS) is 22.9. The molecule has 1 aromatic carbocycles. The monoisotopic (exact) mass is 779 g/mol. The van der Waals surface area contributed by atoms with Crippen molar-refractivity contribution >= 4 is 57.3 Å². The standard InChI is InChI=1S/C37H55BrClN5O6/c1-23(2)20-28-33(46)44(8)30(22-25-21-26(39)17-18-27(25)38)34(47)42(6)19-13-11-9-10-12-14-29(32(45)40-28)43(7)35(48)31(24-15-16-24)41-36(49)50-37(3,4)5/h10,12,17-18,21,23-24,28-31H,9,11,13-16,19-20,22H2,1-8H3,(H,40,45)(H,41,49)/b12-10-/t28-,29-,30-,31-/m0/s1. The zero-order valence-electron chi connectivity index (χ0n) is 30.8. The Kier molecular flexibility index (Phi) is 15.2. The predicted octanol–water partition coefficient (Wildman–Crippen LogP) is 5.72. The van der Waals surface area contributed by atoms with Crippen LogP contribution in [0.15, 0.2) is 34.8 Å². The van der Waals surface area contributed by atoms with E-state index in [-0.39, 0.29) is 30.6 Å². The van der Waals surface area contributed by atoms with Gasteiger partial charge in [0.05, 0.1) is 0 Å². The molecule has 1 aliphatic heterocycles. The van der Waals surface area contributed by atoms with Crippen LogP contribution < -0.4 is 10.6 Å². The average molecular weight is 781 g/mol. The lowest BCUT2D eigenvalue weighted by Gasteiger charge is -2.35. The summed E-state index contributed by atoms with van der Waals surface area (Å²) in [6, 6.07) is 1.72. The number of hydrogen-bond donors (Lipinski definition) is 2. The molecule has 50 heavy (non-hydrogen) atoms. The molecule has 1 fully saturated rings. The maximum absolute atomic E-state index is 14.3. The highest BCUT2D eigenvalue weighted by Gasteiger charge is 2.42. The second-order valence-electron chi connectivity index (χ2n) is 15.0. The smallest absolute Gasteiger partial charge is 0.408 e. The molecule has 1 aromatic rings. The molecule has 0 bridgehead atoms. The molecule has 5 amide bonds. The minimum atomic E-state index is -0.960. The first kappa shape index (κ1) is 41.3. The summed E-state index contributed by atoms with van der Waals surface area (Å²) in [5.74, 6) is -1.54. The third-order valence-corrected chi connectivity index (χ3v) is 10.0.